The van der Waals surface area contributed by atoms with E-state index in [0.29, 0.717) is 17.2 Å². The topological polar surface area (TPSA) is 71.5 Å². The van der Waals surface area contributed by atoms with Gasteiger partial charge in [-0.2, -0.15) is 0 Å². The minimum Gasteiger partial charge on any atom is -0.476 e. The first-order valence-electron chi connectivity index (χ1n) is 5.75. The van der Waals surface area contributed by atoms with E-state index in [1.807, 2.05) is 0 Å². The van der Waals surface area contributed by atoms with Crippen LogP contribution in [0.2, 0.25) is 0 Å². The number of thiazole rings is 1. The Morgan fingerprint density at radius 3 is 3.24 bits per heavy atom. The number of anilines is 1. The van der Waals surface area contributed by atoms with E-state index in [0.717, 1.165) is 26.0 Å². The molecule has 1 saturated heterocycles. The Labute approximate surface area is 104 Å². The van der Waals surface area contributed by atoms with Crippen molar-refractivity contribution in [2.45, 2.75) is 25.9 Å². The number of ether oxygens (including phenoxy) is 1. The summed E-state index contributed by atoms with van der Waals surface area (Å²) >= 11 is 1.33. The van der Waals surface area contributed by atoms with Gasteiger partial charge in [-0.3, -0.25) is 0 Å². The van der Waals surface area contributed by atoms with Crippen LogP contribution in [0.1, 0.15) is 30.3 Å². The Morgan fingerprint density at radius 2 is 2.59 bits per heavy atom. The molecule has 1 aliphatic rings. The second-order valence-electron chi connectivity index (χ2n) is 4.09. The van der Waals surface area contributed by atoms with Gasteiger partial charge in [0.1, 0.15) is 0 Å². The first-order chi connectivity index (χ1) is 8.20. The van der Waals surface area contributed by atoms with Crippen molar-refractivity contribution in [2.75, 3.05) is 18.5 Å². The highest BCUT2D eigenvalue weighted by atomic mass is 32.1. The van der Waals surface area contributed by atoms with Crippen LogP contribution >= 0.6 is 11.3 Å². The van der Waals surface area contributed by atoms with E-state index >= 15 is 0 Å². The fourth-order valence-corrected chi connectivity index (χ4v) is 2.74. The van der Waals surface area contributed by atoms with Crippen LogP contribution in [0.15, 0.2) is 5.38 Å². The number of nitrogens with one attached hydrogen (secondary N) is 1. The smallest absolute Gasteiger partial charge is 0.355 e. The van der Waals surface area contributed by atoms with Gasteiger partial charge in [0.2, 0.25) is 0 Å². The Morgan fingerprint density at radius 1 is 1.76 bits per heavy atom. The fourth-order valence-electron chi connectivity index (χ4n) is 2.05. The zero-order valence-electron chi connectivity index (χ0n) is 9.68. The second-order valence-corrected chi connectivity index (χ2v) is 4.95. The van der Waals surface area contributed by atoms with Crippen LogP contribution in [-0.4, -0.2) is 35.3 Å². The molecule has 0 saturated carbocycles. The average molecular weight is 256 g/mol. The number of carbonyl (C=O) groups is 1. The van der Waals surface area contributed by atoms with Crippen molar-refractivity contribution in [2.24, 2.45) is 5.92 Å². The molecule has 1 aromatic rings. The van der Waals surface area contributed by atoms with Gasteiger partial charge >= 0.3 is 5.97 Å². The third-order valence-corrected chi connectivity index (χ3v) is 3.79. The number of rotatable bonds is 5. The third kappa shape index (κ3) is 2.95. The number of carboxylic acid groups (broad SMARTS) is 1. The number of hydrogen-bond donors (Lipinski definition) is 2. The molecular formula is C11H16N2O3S. The van der Waals surface area contributed by atoms with Gasteiger partial charge in [0, 0.05) is 24.4 Å². The summed E-state index contributed by atoms with van der Waals surface area (Å²) in [6.45, 7) is 3.74. The lowest BCUT2D eigenvalue weighted by atomic mass is 10.00. The number of aromatic carboxylic acids is 1. The van der Waals surface area contributed by atoms with Gasteiger partial charge in [0.15, 0.2) is 10.8 Å². The van der Waals surface area contributed by atoms with E-state index in [-0.39, 0.29) is 5.69 Å². The highest BCUT2D eigenvalue weighted by Crippen LogP contribution is 2.24. The van der Waals surface area contributed by atoms with Gasteiger partial charge in [-0.15, -0.1) is 11.3 Å². The van der Waals surface area contributed by atoms with Crippen LogP contribution in [0.4, 0.5) is 5.13 Å². The number of aromatic nitrogens is 1. The Balaban J connectivity index is 1.86. The summed E-state index contributed by atoms with van der Waals surface area (Å²) in [7, 11) is 0. The summed E-state index contributed by atoms with van der Waals surface area (Å²) in [4.78, 5) is 14.7. The van der Waals surface area contributed by atoms with Gasteiger partial charge in [0.05, 0.1) is 6.10 Å². The lowest BCUT2D eigenvalue weighted by Gasteiger charge is -2.16. The first-order valence-corrected chi connectivity index (χ1v) is 6.63. The molecule has 2 heterocycles. The Kier molecular flexibility index (Phi) is 3.96. The summed E-state index contributed by atoms with van der Waals surface area (Å²) in [5.41, 5.74) is 0.104. The van der Waals surface area contributed by atoms with Gasteiger partial charge < -0.3 is 15.2 Å². The molecule has 6 heteroatoms. The van der Waals surface area contributed by atoms with Crippen molar-refractivity contribution in [3.05, 3.63) is 11.1 Å². The van der Waals surface area contributed by atoms with Gasteiger partial charge in [-0.05, 0) is 12.8 Å². The third-order valence-electron chi connectivity index (χ3n) is 2.99. The van der Waals surface area contributed by atoms with Gasteiger partial charge in [-0.1, -0.05) is 6.92 Å². The normalized spacial score (nSPS) is 23.8. The highest BCUT2D eigenvalue weighted by Gasteiger charge is 2.26. The predicted molar refractivity (Wildman–Crippen MR) is 65.7 cm³/mol. The fraction of sp³-hybridized carbons (Fsp3) is 0.636. The maximum atomic E-state index is 10.7. The van der Waals surface area contributed by atoms with Crippen LogP contribution in [0.25, 0.3) is 0 Å². The van der Waals surface area contributed by atoms with E-state index in [4.69, 9.17) is 9.84 Å². The average Bonchev–Trinajstić information content (AvgIpc) is 2.95. The minimum atomic E-state index is -0.982. The molecule has 2 rings (SSSR count). The van der Waals surface area contributed by atoms with E-state index < -0.39 is 5.97 Å². The Hall–Kier alpha value is -1.14. The number of hydrogen-bond acceptors (Lipinski definition) is 5. The van der Waals surface area contributed by atoms with Crippen molar-refractivity contribution >= 4 is 22.4 Å². The Bertz CT molecular complexity index is 394. The van der Waals surface area contributed by atoms with Gasteiger partial charge in [0.25, 0.3) is 0 Å². The highest BCUT2D eigenvalue weighted by molar-refractivity contribution is 7.13. The predicted octanol–water partition coefficient (Wildman–Crippen LogP) is 2.07. The quantitative estimate of drug-likeness (QED) is 0.843. The molecule has 1 aliphatic heterocycles. The van der Waals surface area contributed by atoms with Crippen LogP contribution in [0, 0.1) is 5.92 Å². The molecule has 1 fully saturated rings. The summed E-state index contributed by atoms with van der Waals surface area (Å²) in [6, 6.07) is 0. The molecule has 5 nitrogen and oxygen atoms in total. The maximum Gasteiger partial charge on any atom is 0.355 e. The molecule has 0 aliphatic carbocycles. The molecule has 2 N–H and O–H groups in total. The standard InChI is InChI=1S/C11H16N2O3S/c1-2-9-7(3-4-16-9)5-12-11-13-8(6-17-11)10(14)15/h6-7,9H,2-5H2,1H3,(H,12,13)(H,14,15). The minimum absolute atomic E-state index is 0.104. The van der Waals surface area contributed by atoms with E-state index in [9.17, 15) is 4.79 Å². The second kappa shape index (κ2) is 5.46. The van der Waals surface area contributed by atoms with Crippen molar-refractivity contribution in [1.29, 1.82) is 0 Å². The van der Waals surface area contributed by atoms with Crippen molar-refractivity contribution < 1.29 is 14.6 Å². The summed E-state index contributed by atoms with van der Waals surface area (Å²) < 4.78 is 5.60. The van der Waals surface area contributed by atoms with Crippen LogP contribution < -0.4 is 5.32 Å². The van der Waals surface area contributed by atoms with E-state index in [1.54, 1.807) is 5.38 Å². The molecule has 1 aromatic heterocycles. The first kappa shape index (κ1) is 12.3. The van der Waals surface area contributed by atoms with Crippen molar-refractivity contribution in [3.63, 3.8) is 0 Å². The van der Waals surface area contributed by atoms with Gasteiger partial charge in [-0.25, -0.2) is 9.78 Å². The van der Waals surface area contributed by atoms with E-state index in [1.165, 1.54) is 11.3 Å². The maximum absolute atomic E-state index is 10.7. The zero-order chi connectivity index (χ0) is 12.3. The lowest BCUT2D eigenvalue weighted by Crippen LogP contribution is -2.22. The zero-order valence-corrected chi connectivity index (χ0v) is 10.5. The summed E-state index contributed by atoms with van der Waals surface area (Å²) in [6.07, 6.45) is 2.40. The lowest BCUT2D eigenvalue weighted by molar-refractivity contribution is 0.0691. The van der Waals surface area contributed by atoms with Crippen LogP contribution in [0.5, 0.6) is 0 Å². The molecule has 94 valence electrons. The molecule has 0 amide bonds. The van der Waals surface area contributed by atoms with E-state index in [2.05, 4.69) is 17.2 Å². The van der Waals surface area contributed by atoms with Crippen molar-refractivity contribution in [1.82, 2.24) is 4.98 Å². The largest absolute Gasteiger partial charge is 0.476 e. The molecule has 0 aromatic carbocycles. The molecule has 0 bridgehead atoms. The molecular weight excluding hydrogens is 240 g/mol. The molecule has 0 spiro atoms. The summed E-state index contributed by atoms with van der Waals surface area (Å²) in [5, 5.41) is 14.2. The monoisotopic (exact) mass is 256 g/mol. The SMILES string of the molecule is CCC1OCCC1CNc1nc(C(=O)O)cs1. The van der Waals surface area contributed by atoms with Crippen LogP contribution in [-0.2, 0) is 4.74 Å². The van der Waals surface area contributed by atoms with Crippen molar-refractivity contribution in [3.8, 4) is 0 Å². The number of nitrogens with zero attached hydrogens (tertiary/aromatic N) is 1. The molecule has 2 atom stereocenters. The number of carboxylic acids is 1. The van der Waals surface area contributed by atoms with Crippen LogP contribution in [0.3, 0.4) is 0 Å². The summed E-state index contributed by atoms with van der Waals surface area (Å²) in [5.74, 6) is -0.484. The molecule has 17 heavy (non-hydrogen) atoms. The molecule has 0 radical (unpaired) electrons. The molecule has 2 unspecified atom stereocenters.